The third-order valence-electron chi connectivity index (χ3n) is 6.79. The number of ether oxygens (including phenoxy) is 1. The van der Waals surface area contributed by atoms with Gasteiger partial charge in [0.15, 0.2) is 16.8 Å². The van der Waals surface area contributed by atoms with Gasteiger partial charge in [0.25, 0.3) is 11.6 Å². The number of carbonyl (C=O) groups is 1. The lowest BCUT2D eigenvalue weighted by Gasteiger charge is -2.14. The summed E-state index contributed by atoms with van der Waals surface area (Å²) in [6.07, 6.45) is 7.55. The van der Waals surface area contributed by atoms with Gasteiger partial charge in [0.2, 0.25) is 0 Å². The first kappa shape index (κ1) is 23.4. The number of hydrogen-bond acceptors (Lipinski definition) is 8. The van der Waals surface area contributed by atoms with Crippen LogP contribution in [0.2, 0.25) is 0 Å². The summed E-state index contributed by atoms with van der Waals surface area (Å²) in [5.74, 6) is -0.945. The van der Waals surface area contributed by atoms with Crippen molar-refractivity contribution in [3.63, 3.8) is 0 Å². The fourth-order valence-corrected chi connectivity index (χ4v) is 5.80. The third-order valence-corrected chi connectivity index (χ3v) is 7.87. The number of nitro groups is 1. The van der Waals surface area contributed by atoms with Crippen LogP contribution in [-0.4, -0.2) is 44.3 Å². The first-order chi connectivity index (χ1) is 16.9. The Morgan fingerprint density at radius 1 is 1.43 bits per heavy atom. The molecule has 0 saturated heterocycles. The molecule has 2 aliphatic rings. The highest BCUT2D eigenvalue weighted by molar-refractivity contribution is 7.99. The second-order valence-corrected chi connectivity index (χ2v) is 9.81. The van der Waals surface area contributed by atoms with Gasteiger partial charge in [-0.1, -0.05) is 6.42 Å². The molecule has 0 bridgehead atoms. The lowest BCUT2D eigenvalue weighted by Crippen LogP contribution is -2.17. The summed E-state index contributed by atoms with van der Waals surface area (Å²) >= 11 is 1.12. The number of nitrogens with one attached hydrogen (secondary N) is 1. The van der Waals surface area contributed by atoms with Crippen LogP contribution in [0.1, 0.15) is 41.6 Å². The molecule has 2 atom stereocenters. The molecule has 3 aromatic rings. The van der Waals surface area contributed by atoms with Crippen molar-refractivity contribution in [3.05, 3.63) is 63.8 Å². The quantitative estimate of drug-likeness (QED) is 0.344. The summed E-state index contributed by atoms with van der Waals surface area (Å²) < 4.78 is 21.8. The first-order valence-electron chi connectivity index (χ1n) is 11.2. The van der Waals surface area contributed by atoms with E-state index in [1.165, 1.54) is 24.5 Å². The minimum absolute atomic E-state index is 0.00686. The van der Waals surface area contributed by atoms with Gasteiger partial charge >= 0.3 is 0 Å². The second kappa shape index (κ2) is 9.34. The predicted octanol–water partition coefficient (Wildman–Crippen LogP) is 4.21. The largest absolute Gasteiger partial charge is 0.383 e. The number of halogens is 1. The van der Waals surface area contributed by atoms with Gasteiger partial charge in [0, 0.05) is 42.3 Å². The number of non-ortho nitro benzene ring substituents is 1. The van der Waals surface area contributed by atoms with Gasteiger partial charge < -0.3 is 14.6 Å². The number of methoxy groups -OCH3 is 1. The highest BCUT2D eigenvalue weighted by Gasteiger charge is 2.57. The first-order valence-corrected chi connectivity index (χ1v) is 12.0. The van der Waals surface area contributed by atoms with Crippen molar-refractivity contribution in [1.29, 1.82) is 0 Å². The van der Waals surface area contributed by atoms with E-state index in [-0.39, 0.29) is 22.5 Å². The van der Waals surface area contributed by atoms with Crippen LogP contribution in [0.4, 0.5) is 15.9 Å². The summed E-state index contributed by atoms with van der Waals surface area (Å²) in [4.78, 5) is 28.5. The van der Waals surface area contributed by atoms with Crippen LogP contribution >= 0.6 is 11.8 Å². The Hall–Kier alpha value is -3.38. The fourth-order valence-electron chi connectivity index (χ4n) is 4.87. The summed E-state index contributed by atoms with van der Waals surface area (Å²) in [5.41, 5.74) is 0.660. The topological polar surface area (TPSA) is 125 Å². The van der Waals surface area contributed by atoms with Gasteiger partial charge in [-0.05, 0) is 54.6 Å². The molecule has 5 rings (SSSR count). The molecule has 2 heterocycles. The van der Waals surface area contributed by atoms with E-state index < -0.39 is 16.6 Å². The predicted molar refractivity (Wildman–Crippen MR) is 125 cm³/mol. The standard InChI is InChI=1S/C23H23FN6O4S/c1-34-8-7-29-13-26-28-22(29)35-19-5-4-16(30(32)33)10-17(19)21(31)27-20-18(24)9-15(12-25-20)23-6-2-3-14(23)11-23/h4-5,9-10,12-14H,2-3,6-8,11H2,1H3,(H,25,27,31). The lowest BCUT2D eigenvalue weighted by molar-refractivity contribution is -0.384. The average Bonchev–Trinajstić information content (AvgIpc) is 3.15. The maximum atomic E-state index is 14.9. The van der Waals surface area contributed by atoms with Crippen LogP contribution in [-0.2, 0) is 16.7 Å². The maximum absolute atomic E-state index is 14.9. The van der Waals surface area contributed by atoms with Crippen LogP contribution < -0.4 is 5.32 Å². The average molecular weight is 499 g/mol. The van der Waals surface area contributed by atoms with Crippen LogP contribution in [0.15, 0.2) is 46.8 Å². The van der Waals surface area contributed by atoms with E-state index in [0.29, 0.717) is 29.1 Å². The number of rotatable bonds is 9. The Bertz CT molecular complexity index is 1300. The van der Waals surface area contributed by atoms with Gasteiger partial charge in [0.05, 0.1) is 17.1 Å². The molecule has 2 aliphatic carbocycles. The Morgan fingerprint density at radius 2 is 2.29 bits per heavy atom. The van der Waals surface area contributed by atoms with Crippen molar-refractivity contribution in [2.75, 3.05) is 19.0 Å². The molecule has 0 radical (unpaired) electrons. The number of hydrogen-bond donors (Lipinski definition) is 1. The Labute approximate surface area is 204 Å². The molecule has 10 nitrogen and oxygen atoms in total. The number of aromatic nitrogens is 4. The number of nitro benzene ring substituents is 1. The van der Waals surface area contributed by atoms with Crippen LogP contribution in [0, 0.1) is 21.8 Å². The molecule has 2 unspecified atom stereocenters. The summed E-state index contributed by atoms with van der Waals surface area (Å²) in [5, 5.41) is 22.3. The van der Waals surface area contributed by atoms with Gasteiger partial charge in [-0.2, -0.15) is 0 Å². The van der Waals surface area contributed by atoms with E-state index in [1.807, 2.05) is 0 Å². The molecule has 2 aromatic heterocycles. The van der Waals surface area contributed by atoms with E-state index in [4.69, 9.17) is 4.74 Å². The van der Waals surface area contributed by atoms with Crippen molar-refractivity contribution < 1.29 is 18.8 Å². The van der Waals surface area contributed by atoms with E-state index >= 15 is 0 Å². The lowest BCUT2D eigenvalue weighted by atomic mass is 9.95. The number of pyridine rings is 1. The molecule has 1 aromatic carbocycles. The molecular weight excluding hydrogens is 475 g/mol. The third kappa shape index (κ3) is 4.50. The second-order valence-electron chi connectivity index (χ2n) is 8.80. The Balaban J connectivity index is 1.40. The molecule has 1 N–H and O–H groups in total. The van der Waals surface area contributed by atoms with Gasteiger partial charge in [-0.25, -0.2) is 9.37 Å². The molecule has 35 heavy (non-hydrogen) atoms. The van der Waals surface area contributed by atoms with Crippen molar-refractivity contribution in [2.24, 2.45) is 5.92 Å². The monoisotopic (exact) mass is 498 g/mol. The summed E-state index contributed by atoms with van der Waals surface area (Å²) in [6.45, 7) is 0.923. The van der Waals surface area contributed by atoms with Gasteiger partial charge in [-0.15, -0.1) is 10.2 Å². The SMILES string of the molecule is COCCn1cnnc1Sc1ccc([N+](=O)[O-])cc1C(=O)Nc1ncc(C23CCCC2C3)cc1F. The number of benzene rings is 1. The zero-order valence-electron chi connectivity index (χ0n) is 18.9. The van der Waals surface area contributed by atoms with E-state index in [1.54, 1.807) is 17.9 Å². The van der Waals surface area contributed by atoms with E-state index in [9.17, 15) is 19.3 Å². The number of anilines is 1. The molecule has 2 saturated carbocycles. The fraction of sp³-hybridized carbons (Fsp3) is 0.391. The zero-order valence-corrected chi connectivity index (χ0v) is 19.8. The van der Waals surface area contributed by atoms with Gasteiger partial charge in [0.1, 0.15) is 6.33 Å². The number of nitrogens with zero attached hydrogens (tertiary/aromatic N) is 5. The Kier molecular flexibility index (Phi) is 6.24. The summed E-state index contributed by atoms with van der Waals surface area (Å²) in [7, 11) is 1.58. The smallest absolute Gasteiger partial charge is 0.270 e. The Morgan fingerprint density at radius 3 is 2.97 bits per heavy atom. The minimum atomic E-state index is -0.707. The van der Waals surface area contributed by atoms with Crippen molar-refractivity contribution in [3.8, 4) is 0 Å². The van der Waals surface area contributed by atoms with Crippen LogP contribution in [0.25, 0.3) is 0 Å². The molecule has 0 spiro atoms. The van der Waals surface area contributed by atoms with Crippen LogP contribution in [0.5, 0.6) is 0 Å². The maximum Gasteiger partial charge on any atom is 0.270 e. The number of amides is 1. The molecule has 2 fully saturated rings. The number of fused-ring (bicyclic) bond motifs is 1. The summed E-state index contributed by atoms with van der Waals surface area (Å²) in [6, 6.07) is 5.38. The van der Waals surface area contributed by atoms with Crippen molar-refractivity contribution >= 4 is 29.2 Å². The molecule has 182 valence electrons. The minimum Gasteiger partial charge on any atom is -0.383 e. The molecular formula is C23H23FN6O4S. The number of carbonyl (C=O) groups excluding carboxylic acids is 1. The molecule has 1 amide bonds. The van der Waals surface area contributed by atoms with Crippen molar-refractivity contribution in [2.45, 2.75) is 47.7 Å². The van der Waals surface area contributed by atoms with Gasteiger partial charge in [-0.3, -0.25) is 14.9 Å². The highest BCUT2D eigenvalue weighted by Crippen LogP contribution is 2.64. The zero-order chi connectivity index (χ0) is 24.6. The van der Waals surface area contributed by atoms with Crippen molar-refractivity contribution in [1.82, 2.24) is 19.7 Å². The molecule has 0 aliphatic heterocycles. The van der Waals surface area contributed by atoms with Crippen LogP contribution in [0.3, 0.4) is 0 Å². The molecule has 12 heteroatoms. The van der Waals surface area contributed by atoms with E-state index in [2.05, 4.69) is 20.5 Å². The highest BCUT2D eigenvalue weighted by atomic mass is 32.2. The van der Waals surface area contributed by atoms with E-state index in [0.717, 1.165) is 49.1 Å². The normalized spacial score (nSPS) is 20.5.